The number of aromatic nitrogens is 2. The molecule has 1 amide bonds. The number of rotatable bonds is 9. The highest BCUT2D eigenvalue weighted by Gasteiger charge is 2.12. The molecular formula is C16H18Cl2N4OS2. The van der Waals surface area contributed by atoms with Gasteiger partial charge in [0.1, 0.15) is 0 Å². The van der Waals surface area contributed by atoms with E-state index in [0.29, 0.717) is 35.1 Å². The van der Waals surface area contributed by atoms with E-state index >= 15 is 0 Å². The number of hydrogen-bond donors (Lipinski definition) is 2. The van der Waals surface area contributed by atoms with Crippen molar-refractivity contribution in [2.75, 3.05) is 22.9 Å². The van der Waals surface area contributed by atoms with Crippen molar-refractivity contribution in [3.05, 3.63) is 40.4 Å². The summed E-state index contributed by atoms with van der Waals surface area (Å²) >= 11 is 15.4. The van der Waals surface area contributed by atoms with Crippen LogP contribution >= 0.6 is 46.3 Å². The number of nitrogens with zero attached hydrogens (tertiary/aromatic N) is 2. The molecule has 0 aliphatic carbocycles. The Balaban J connectivity index is 1.75. The highest BCUT2D eigenvalue weighted by Crippen LogP contribution is 2.33. The van der Waals surface area contributed by atoms with E-state index in [1.54, 1.807) is 23.9 Å². The molecule has 134 valence electrons. The number of nitrogens with one attached hydrogen (secondary N) is 2. The third kappa shape index (κ3) is 6.18. The molecule has 9 heteroatoms. The van der Waals surface area contributed by atoms with Gasteiger partial charge < -0.3 is 10.6 Å². The first-order chi connectivity index (χ1) is 12.0. The number of carbonyl (C=O) groups excluding carboxylic acids is 1. The number of carbonyl (C=O) groups is 1. The first-order valence-electron chi connectivity index (χ1n) is 7.56. The van der Waals surface area contributed by atoms with Gasteiger partial charge in [-0.3, -0.25) is 4.79 Å². The molecule has 0 radical (unpaired) electrons. The first kappa shape index (κ1) is 20.0. The highest BCUT2D eigenvalue weighted by atomic mass is 35.5. The third-order valence-electron chi connectivity index (χ3n) is 3.13. The maximum absolute atomic E-state index is 12.1. The fraction of sp³-hybridized carbons (Fsp3) is 0.312. The molecule has 0 unspecified atom stereocenters. The lowest BCUT2D eigenvalue weighted by Crippen LogP contribution is -2.12. The minimum absolute atomic E-state index is 0.111. The smallest absolute Gasteiger partial charge is 0.224 e. The fourth-order valence-corrected chi connectivity index (χ4v) is 4.10. The molecule has 0 saturated carbocycles. The lowest BCUT2D eigenvalue weighted by Gasteiger charge is -2.10. The van der Waals surface area contributed by atoms with Crippen molar-refractivity contribution in [3.8, 4) is 0 Å². The molecule has 0 spiro atoms. The molecule has 2 rings (SSSR count). The van der Waals surface area contributed by atoms with E-state index in [9.17, 15) is 4.79 Å². The molecule has 1 heterocycles. The number of aryl methyl sites for hydroxylation is 1. The van der Waals surface area contributed by atoms with E-state index in [4.69, 9.17) is 23.2 Å². The van der Waals surface area contributed by atoms with Gasteiger partial charge in [-0.15, -0.1) is 16.8 Å². The molecule has 1 aromatic carbocycles. The lowest BCUT2D eigenvalue weighted by molar-refractivity contribution is -0.116. The van der Waals surface area contributed by atoms with Crippen LogP contribution in [0, 0.1) is 6.92 Å². The number of benzene rings is 1. The number of hydrogen-bond acceptors (Lipinski definition) is 6. The monoisotopic (exact) mass is 416 g/mol. The van der Waals surface area contributed by atoms with Gasteiger partial charge in [0.05, 0.1) is 15.7 Å². The Morgan fingerprint density at radius 2 is 2.20 bits per heavy atom. The summed E-state index contributed by atoms with van der Waals surface area (Å²) in [6, 6.07) is 3.54. The number of halogens is 2. The maximum Gasteiger partial charge on any atom is 0.224 e. The van der Waals surface area contributed by atoms with Crippen LogP contribution in [0.1, 0.15) is 18.4 Å². The normalized spacial score (nSPS) is 10.5. The minimum Gasteiger partial charge on any atom is -0.357 e. The summed E-state index contributed by atoms with van der Waals surface area (Å²) in [5.74, 6) is 0.666. The molecule has 0 aliphatic heterocycles. The van der Waals surface area contributed by atoms with Gasteiger partial charge in [0.25, 0.3) is 0 Å². The molecule has 25 heavy (non-hydrogen) atoms. The van der Waals surface area contributed by atoms with E-state index in [1.807, 2.05) is 13.0 Å². The second kappa shape index (κ2) is 10.0. The Morgan fingerprint density at radius 3 is 2.96 bits per heavy atom. The van der Waals surface area contributed by atoms with Crippen LogP contribution in [0.25, 0.3) is 0 Å². The van der Waals surface area contributed by atoms with Gasteiger partial charge in [-0.2, -0.15) is 0 Å². The summed E-state index contributed by atoms with van der Waals surface area (Å²) in [5.41, 5.74) is 1.34. The largest absolute Gasteiger partial charge is 0.357 e. The van der Waals surface area contributed by atoms with Crippen LogP contribution < -0.4 is 10.6 Å². The predicted octanol–water partition coefficient (Wildman–Crippen LogP) is 5.26. The minimum atomic E-state index is -0.111. The van der Waals surface area contributed by atoms with Gasteiger partial charge in [0.15, 0.2) is 4.34 Å². The van der Waals surface area contributed by atoms with Crippen LogP contribution in [0.5, 0.6) is 0 Å². The number of anilines is 2. The highest BCUT2D eigenvalue weighted by molar-refractivity contribution is 8.01. The second-order valence-corrected chi connectivity index (χ2v) is 8.20. The van der Waals surface area contributed by atoms with Crippen molar-refractivity contribution in [2.24, 2.45) is 0 Å². The standard InChI is InChI=1S/C16H18Cl2N4OS2/c1-3-8-19-15-21-22-16(25-15)24-9-4-5-12(23)20-14-11(17)7-6-10(2)13(14)18/h3,6-7H,1,4-5,8-9H2,2H3,(H,19,21)(H,20,23). The quantitative estimate of drug-likeness (QED) is 0.331. The molecule has 0 fully saturated rings. The van der Waals surface area contributed by atoms with E-state index < -0.39 is 0 Å². The average Bonchev–Trinajstić information content (AvgIpc) is 3.05. The number of amides is 1. The van der Waals surface area contributed by atoms with E-state index in [-0.39, 0.29) is 5.91 Å². The summed E-state index contributed by atoms with van der Waals surface area (Å²) in [6.45, 7) is 6.16. The van der Waals surface area contributed by atoms with E-state index in [2.05, 4.69) is 27.4 Å². The Hall–Kier alpha value is -1.28. The van der Waals surface area contributed by atoms with Crippen LogP contribution in [-0.4, -0.2) is 28.4 Å². The fourth-order valence-electron chi connectivity index (χ4n) is 1.86. The summed E-state index contributed by atoms with van der Waals surface area (Å²) < 4.78 is 0.872. The van der Waals surface area contributed by atoms with Crippen LogP contribution in [0.15, 0.2) is 29.1 Å². The van der Waals surface area contributed by atoms with Crippen molar-refractivity contribution in [3.63, 3.8) is 0 Å². The van der Waals surface area contributed by atoms with Crippen molar-refractivity contribution in [1.29, 1.82) is 0 Å². The maximum atomic E-state index is 12.1. The first-order valence-corrected chi connectivity index (χ1v) is 10.1. The molecule has 0 aliphatic rings. The van der Waals surface area contributed by atoms with Gasteiger partial charge in [0, 0.05) is 18.7 Å². The van der Waals surface area contributed by atoms with Gasteiger partial charge in [0.2, 0.25) is 11.0 Å². The average molecular weight is 417 g/mol. The summed E-state index contributed by atoms with van der Waals surface area (Å²) in [5, 5.41) is 15.7. The van der Waals surface area contributed by atoms with Gasteiger partial charge in [-0.25, -0.2) is 0 Å². The van der Waals surface area contributed by atoms with Crippen molar-refractivity contribution in [1.82, 2.24) is 10.2 Å². The zero-order valence-electron chi connectivity index (χ0n) is 13.6. The van der Waals surface area contributed by atoms with E-state index in [1.165, 1.54) is 11.3 Å². The zero-order chi connectivity index (χ0) is 18.2. The molecule has 0 bridgehead atoms. The van der Waals surface area contributed by atoms with Crippen LogP contribution in [0.2, 0.25) is 10.0 Å². The third-order valence-corrected chi connectivity index (χ3v) is 6.03. The summed E-state index contributed by atoms with van der Waals surface area (Å²) in [4.78, 5) is 12.1. The van der Waals surface area contributed by atoms with Gasteiger partial charge >= 0.3 is 0 Å². The Kier molecular flexibility index (Phi) is 8.02. The molecule has 1 aromatic heterocycles. The molecule has 0 saturated heterocycles. The lowest BCUT2D eigenvalue weighted by atomic mass is 10.2. The molecule has 0 atom stereocenters. The van der Waals surface area contributed by atoms with Gasteiger partial charge in [-0.1, -0.05) is 58.4 Å². The predicted molar refractivity (Wildman–Crippen MR) is 108 cm³/mol. The second-order valence-electron chi connectivity index (χ2n) is 5.10. The van der Waals surface area contributed by atoms with Crippen LogP contribution in [-0.2, 0) is 4.79 Å². The molecule has 2 aromatic rings. The van der Waals surface area contributed by atoms with E-state index in [0.717, 1.165) is 20.8 Å². The molecule has 2 N–H and O–H groups in total. The van der Waals surface area contributed by atoms with Crippen LogP contribution in [0.4, 0.5) is 10.8 Å². The topological polar surface area (TPSA) is 66.9 Å². The Labute approximate surface area is 165 Å². The van der Waals surface area contributed by atoms with Gasteiger partial charge in [-0.05, 0) is 25.0 Å². The zero-order valence-corrected chi connectivity index (χ0v) is 16.8. The Bertz CT molecular complexity index is 752. The summed E-state index contributed by atoms with van der Waals surface area (Å²) in [6.07, 6.45) is 2.86. The SMILES string of the molecule is C=CCNc1nnc(SCCCC(=O)Nc2c(Cl)ccc(C)c2Cl)s1. The van der Waals surface area contributed by atoms with Crippen molar-refractivity contribution < 1.29 is 4.79 Å². The van der Waals surface area contributed by atoms with Crippen molar-refractivity contribution >= 4 is 63.0 Å². The summed E-state index contributed by atoms with van der Waals surface area (Å²) in [7, 11) is 0. The Morgan fingerprint density at radius 1 is 1.40 bits per heavy atom. The molecular weight excluding hydrogens is 399 g/mol. The van der Waals surface area contributed by atoms with Crippen molar-refractivity contribution in [2.45, 2.75) is 24.1 Å². The van der Waals surface area contributed by atoms with Crippen LogP contribution in [0.3, 0.4) is 0 Å². The number of thioether (sulfide) groups is 1. The molecule has 5 nitrogen and oxygen atoms in total.